The van der Waals surface area contributed by atoms with Crippen molar-refractivity contribution in [3.8, 4) is 17.0 Å². The summed E-state index contributed by atoms with van der Waals surface area (Å²) in [5.74, 6) is -0.833. The third-order valence-corrected chi connectivity index (χ3v) is 7.93. The quantitative estimate of drug-likeness (QED) is 0.354. The molecule has 0 radical (unpaired) electrons. The zero-order valence-corrected chi connectivity index (χ0v) is 23.0. The van der Waals surface area contributed by atoms with E-state index in [4.69, 9.17) is 14.5 Å². The second-order valence-corrected chi connectivity index (χ2v) is 10.9. The predicted molar refractivity (Wildman–Crippen MR) is 146 cm³/mol. The number of carbonyl (C=O) groups excluding carboxylic acids is 1. The molecule has 3 heterocycles. The molecule has 1 aromatic carbocycles. The van der Waals surface area contributed by atoms with Crippen LogP contribution in [0.4, 0.5) is 19.3 Å². The molecule has 1 saturated carbocycles. The van der Waals surface area contributed by atoms with Crippen LogP contribution >= 0.6 is 0 Å². The van der Waals surface area contributed by atoms with E-state index in [9.17, 15) is 13.6 Å². The molecule has 8 nitrogen and oxygen atoms in total. The van der Waals surface area contributed by atoms with E-state index in [0.717, 1.165) is 66.8 Å². The van der Waals surface area contributed by atoms with Gasteiger partial charge >= 0.3 is 6.09 Å². The Morgan fingerprint density at radius 3 is 2.64 bits per heavy atom. The van der Waals surface area contributed by atoms with Crippen molar-refractivity contribution in [2.75, 3.05) is 25.5 Å². The fourth-order valence-electron chi connectivity index (χ4n) is 5.94. The highest BCUT2D eigenvalue weighted by Crippen LogP contribution is 2.41. The number of hydrogen-bond acceptors (Lipinski definition) is 6. The Balaban J connectivity index is 1.38. The average Bonchev–Trinajstić information content (AvgIpc) is 3.28. The lowest BCUT2D eigenvalue weighted by atomic mass is 9.83. The molecule has 1 amide bonds. The van der Waals surface area contributed by atoms with Gasteiger partial charge in [0.25, 0.3) is 5.92 Å². The first-order valence-corrected chi connectivity index (χ1v) is 13.8. The van der Waals surface area contributed by atoms with Crippen LogP contribution in [-0.2, 0) is 4.74 Å². The zero-order valence-electron chi connectivity index (χ0n) is 23.0. The van der Waals surface area contributed by atoms with Gasteiger partial charge in [-0.1, -0.05) is 19.4 Å². The van der Waals surface area contributed by atoms with E-state index in [1.54, 1.807) is 19.4 Å². The largest absolute Gasteiger partial charge is 0.495 e. The molecular formula is C29H37F2N5O3. The molecule has 3 aromatic rings. The van der Waals surface area contributed by atoms with Crippen molar-refractivity contribution in [2.24, 2.45) is 0 Å². The van der Waals surface area contributed by atoms with E-state index >= 15 is 0 Å². The summed E-state index contributed by atoms with van der Waals surface area (Å²) >= 11 is 0. The summed E-state index contributed by atoms with van der Waals surface area (Å²) in [6, 6.07) is 5.79. The van der Waals surface area contributed by atoms with Crippen molar-refractivity contribution in [1.82, 2.24) is 19.3 Å². The molecule has 2 aromatic heterocycles. The normalized spacial score (nSPS) is 21.8. The Kier molecular flexibility index (Phi) is 7.75. The summed E-state index contributed by atoms with van der Waals surface area (Å²) in [6.07, 6.45) is 8.33. The summed E-state index contributed by atoms with van der Waals surface area (Å²) in [7, 11) is 1.56. The number of nitrogens with one attached hydrogen (secondary N) is 1. The highest BCUT2D eigenvalue weighted by molar-refractivity contribution is 5.89. The van der Waals surface area contributed by atoms with Gasteiger partial charge in [0.2, 0.25) is 0 Å². The third kappa shape index (κ3) is 5.71. The topological polar surface area (TPSA) is 81.0 Å². The minimum atomic E-state index is -2.53. The average molecular weight is 542 g/mol. The molecule has 0 unspecified atom stereocenters. The standard InChI is InChI=1S/C29H37F2N5O3/c1-5-6-18(2)39-28(37)33-23-12-9-21(15-24(23)38-4)25-26-19(3)32-13-14-36(26)27(34-25)20-7-10-22(11-8-20)35-16-29(30,31)17-35/h9,12-15,18,20,22H,5-8,10-11,16-17H2,1-4H3,(H,33,37)/t18-,20-,22-/m0/s1. The highest BCUT2D eigenvalue weighted by Gasteiger charge is 2.47. The Labute approximate surface area is 227 Å². The number of halogens is 2. The van der Waals surface area contributed by atoms with Crippen LogP contribution in [0.1, 0.15) is 69.8 Å². The van der Waals surface area contributed by atoms with Gasteiger partial charge in [0, 0.05) is 29.9 Å². The maximum Gasteiger partial charge on any atom is 0.412 e. The molecule has 1 N–H and O–H groups in total. The molecule has 210 valence electrons. The number of hydrogen-bond donors (Lipinski definition) is 1. The maximum absolute atomic E-state index is 13.4. The number of benzene rings is 1. The molecular weight excluding hydrogens is 504 g/mol. The van der Waals surface area contributed by atoms with Crippen LogP contribution < -0.4 is 10.1 Å². The molecule has 1 aliphatic heterocycles. The van der Waals surface area contributed by atoms with Crippen molar-refractivity contribution in [3.05, 3.63) is 42.1 Å². The maximum atomic E-state index is 13.4. The minimum absolute atomic E-state index is 0.119. The SMILES string of the molecule is CCC[C@H](C)OC(=O)Nc1ccc(-c2nc([C@H]3CC[C@H](N4CC(F)(F)C4)CC3)n3ccnc(C)c23)cc1OC. The molecule has 0 bridgehead atoms. The van der Waals surface area contributed by atoms with Crippen molar-refractivity contribution >= 4 is 17.3 Å². The number of imidazole rings is 1. The number of alkyl halides is 2. The molecule has 1 aliphatic carbocycles. The lowest BCUT2D eigenvalue weighted by molar-refractivity contribution is -0.150. The molecule has 2 aliphatic rings. The van der Waals surface area contributed by atoms with Crippen molar-refractivity contribution < 1.29 is 23.0 Å². The van der Waals surface area contributed by atoms with Crippen molar-refractivity contribution in [2.45, 2.75) is 83.3 Å². The van der Waals surface area contributed by atoms with E-state index in [1.807, 2.05) is 44.0 Å². The molecule has 39 heavy (non-hydrogen) atoms. The molecule has 1 atom stereocenters. The van der Waals surface area contributed by atoms with Crippen molar-refractivity contribution in [3.63, 3.8) is 0 Å². The van der Waals surface area contributed by atoms with E-state index in [0.29, 0.717) is 11.4 Å². The molecule has 5 rings (SSSR count). The van der Waals surface area contributed by atoms with Gasteiger partial charge in [0.15, 0.2) is 0 Å². The summed E-state index contributed by atoms with van der Waals surface area (Å²) in [5, 5.41) is 2.79. The van der Waals surface area contributed by atoms with Crippen LogP contribution in [0.15, 0.2) is 30.6 Å². The number of carbonyl (C=O) groups is 1. The van der Waals surface area contributed by atoms with E-state index < -0.39 is 12.0 Å². The van der Waals surface area contributed by atoms with Gasteiger partial charge in [-0.25, -0.2) is 18.6 Å². The number of likely N-dealkylation sites (tertiary alicyclic amines) is 1. The van der Waals surface area contributed by atoms with E-state index in [1.165, 1.54) is 0 Å². The Bertz CT molecular complexity index is 1330. The minimum Gasteiger partial charge on any atom is -0.495 e. The number of rotatable bonds is 8. The summed E-state index contributed by atoms with van der Waals surface area (Å²) in [6.45, 7) is 5.64. The number of nitrogens with zero attached hydrogens (tertiary/aromatic N) is 4. The van der Waals surface area contributed by atoms with Crippen LogP contribution in [0.3, 0.4) is 0 Å². The molecule has 1 saturated heterocycles. The van der Waals surface area contributed by atoms with Gasteiger partial charge in [-0.05, 0) is 58.1 Å². The van der Waals surface area contributed by atoms with Crippen LogP contribution in [0.5, 0.6) is 5.75 Å². The third-order valence-electron chi connectivity index (χ3n) is 7.93. The lowest BCUT2D eigenvalue weighted by Gasteiger charge is -2.46. The zero-order chi connectivity index (χ0) is 27.7. The second-order valence-electron chi connectivity index (χ2n) is 10.9. The Morgan fingerprint density at radius 1 is 1.23 bits per heavy atom. The number of anilines is 1. The van der Waals surface area contributed by atoms with Gasteiger partial charge in [-0.15, -0.1) is 0 Å². The summed E-state index contributed by atoms with van der Waals surface area (Å²) in [5.41, 5.74) is 3.94. The first kappa shape index (κ1) is 27.3. The number of aromatic nitrogens is 3. The van der Waals surface area contributed by atoms with Gasteiger partial charge in [-0.2, -0.15) is 0 Å². The number of methoxy groups -OCH3 is 1. The lowest BCUT2D eigenvalue weighted by Crippen LogP contribution is -2.60. The van der Waals surface area contributed by atoms with Gasteiger partial charge < -0.3 is 9.47 Å². The number of amides is 1. The number of fused-ring (bicyclic) bond motifs is 1. The fraction of sp³-hybridized carbons (Fsp3) is 0.552. The highest BCUT2D eigenvalue weighted by atomic mass is 19.3. The Morgan fingerprint density at radius 2 is 1.97 bits per heavy atom. The Hall–Kier alpha value is -3.27. The summed E-state index contributed by atoms with van der Waals surface area (Å²) in [4.78, 5) is 23.9. The van der Waals surface area contributed by atoms with Crippen LogP contribution in [0.2, 0.25) is 0 Å². The van der Waals surface area contributed by atoms with Gasteiger partial charge in [-0.3, -0.25) is 19.6 Å². The first-order chi connectivity index (χ1) is 18.7. The van der Waals surface area contributed by atoms with Crippen LogP contribution in [0.25, 0.3) is 16.8 Å². The van der Waals surface area contributed by atoms with Crippen molar-refractivity contribution in [1.29, 1.82) is 0 Å². The van der Waals surface area contributed by atoms with Crippen LogP contribution in [0, 0.1) is 6.92 Å². The number of aryl methyl sites for hydroxylation is 1. The van der Waals surface area contributed by atoms with E-state index in [-0.39, 0.29) is 31.2 Å². The fourth-order valence-corrected chi connectivity index (χ4v) is 5.94. The van der Waals surface area contributed by atoms with E-state index in [2.05, 4.69) is 14.7 Å². The molecule has 0 spiro atoms. The monoisotopic (exact) mass is 541 g/mol. The van der Waals surface area contributed by atoms with Gasteiger partial charge in [0.1, 0.15) is 17.7 Å². The molecule has 2 fully saturated rings. The second kappa shape index (κ2) is 11.1. The predicted octanol–water partition coefficient (Wildman–Crippen LogP) is 6.43. The first-order valence-electron chi connectivity index (χ1n) is 13.8. The summed E-state index contributed by atoms with van der Waals surface area (Å²) < 4.78 is 39.9. The van der Waals surface area contributed by atoms with Gasteiger partial charge in [0.05, 0.1) is 42.8 Å². The smallest absolute Gasteiger partial charge is 0.412 e. The van der Waals surface area contributed by atoms with Crippen LogP contribution in [-0.4, -0.2) is 63.6 Å². The molecule has 10 heteroatoms. The number of ether oxygens (including phenoxy) is 2.